The summed E-state index contributed by atoms with van der Waals surface area (Å²) in [5, 5.41) is 0. The van der Waals surface area contributed by atoms with Crippen LogP contribution >= 0.6 is 0 Å². The van der Waals surface area contributed by atoms with Crippen molar-refractivity contribution in [2.45, 2.75) is 39.5 Å². The molecule has 0 aliphatic carbocycles. The maximum Gasteiger partial charge on any atom is 0.138 e. The Balaban J connectivity index is 3.02. The average Bonchev–Trinajstić information content (AvgIpc) is 2.31. The van der Waals surface area contributed by atoms with Gasteiger partial charge in [0.25, 0.3) is 0 Å². The van der Waals surface area contributed by atoms with Gasteiger partial charge in [0, 0.05) is 38.3 Å². The van der Waals surface area contributed by atoms with E-state index in [4.69, 9.17) is 10.5 Å². The summed E-state index contributed by atoms with van der Waals surface area (Å²) in [4.78, 5) is 11.2. The number of nitrogens with two attached hydrogens (primary N) is 1. The quantitative estimate of drug-likeness (QED) is 0.827. The van der Waals surface area contributed by atoms with Crippen LogP contribution in [0.3, 0.4) is 0 Å². The van der Waals surface area contributed by atoms with E-state index >= 15 is 0 Å². The lowest BCUT2D eigenvalue weighted by Gasteiger charge is -2.24. The van der Waals surface area contributed by atoms with E-state index in [2.05, 4.69) is 35.6 Å². The monoisotopic (exact) mass is 266 g/mol. The minimum atomic E-state index is -0.107. The van der Waals surface area contributed by atoms with Crippen LogP contribution in [-0.2, 0) is 10.2 Å². The molecule has 1 heterocycles. The molecule has 1 aromatic heterocycles. The van der Waals surface area contributed by atoms with Crippen LogP contribution in [0.4, 0.5) is 11.6 Å². The number of rotatable bonds is 5. The SMILES string of the molecule is COCCCN(C)c1nc(C(C)(C)C)nc(N)c1C. The Morgan fingerprint density at radius 3 is 2.42 bits per heavy atom. The second-order valence-electron chi connectivity index (χ2n) is 5.90. The lowest BCUT2D eigenvalue weighted by atomic mass is 9.95. The Morgan fingerprint density at radius 1 is 1.26 bits per heavy atom. The molecule has 0 bridgehead atoms. The first-order valence-corrected chi connectivity index (χ1v) is 6.62. The highest BCUT2D eigenvalue weighted by Gasteiger charge is 2.21. The van der Waals surface area contributed by atoms with E-state index in [1.807, 2.05) is 14.0 Å². The zero-order chi connectivity index (χ0) is 14.6. The van der Waals surface area contributed by atoms with Crippen molar-refractivity contribution in [2.75, 3.05) is 37.9 Å². The number of hydrogen-bond acceptors (Lipinski definition) is 5. The number of aromatic nitrogens is 2. The molecule has 0 saturated carbocycles. The minimum absolute atomic E-state index is 0.107. The van der Waals surface area contributed by atoms with Crippen LogP contribution in [0.2, 0.25) is 0 Å². The molecule has 5 heteroatoms. The molecular weight excluding hydrogens is 240 g/mol. The second kappa shape index (κ2) is 6.19. The number of nitrogens with zero attached hydrogens (tertiary/aromatic N) is 3. The number of anilines is 2. The van der Waals surface area contributed by atoms with Crippen molar-refractivity contribution in [3.63, 3.8) is 0 Å². The predicted octanol–water partition coefficient (Wildman–Crippen LogP) is 2.14. The van der Waals surface area contributed by atoms with E-state index in [1.54, 1.807) is 7.11 Å². The standard InChI is InChI=1S/C14H26N4O/c1-10-11(15)16-13(14(2,3)4)17-12(10)18(5)8-7-9-19-6/h7-9H2,1-6H3,(H2,15,16,17). The van der Waals surface area contributed by atoms with Gasteiger partial charge >= 0.3 is 0 Å². The molecule has 19 heavy (non-hydrogen) atoms. The number of ether oxygens (including phenoxy) is 1. The Bertz CT molecular complexity index is 426. The third-order valence-corrected chi connectivity index (χ3v) is 3.03. The summed E-state index contributed by atoms with van der Waals surface area (Å²) in [5.74, 6) is 2.26. The zero-order valence-corrected chi connectivity index (χ0v) is 12.9. The molecule has 0 radical (unpaired) electrons. The first-order valence-electron chi connectivity index (χ1n) is 6.62. The number of nitrogen functional groups attached to an aromatic ring is 1. The smallest absolute Gasteiger partial charge is 0.138 e. The highest BCUT2D eigenvalue weighted by atomic mass is 16.5. The first kappa shape index (κ1) is 15.7. The summed E-state index contributed by atoms with van der Waals surface area (Å²) in [6, 6.07) is 0. The Kier molecular flexibility index (Phi) is 5.11. The van der Waals surface area contributed by atoms with Gasteiger partial charge in [-0.25, -0.2) is 9.97 Å². The van der Waals surface area contributed by atoms with E-state index in [1.165, 1.54) is 0 Å². The Labute approximate surface area is 116 Å². The summed E-state index contributed by atoms with van der Waals surface area (Å²) in [5.41, 5.74) is 6.84. The maximum atomic E-state index is 6.01. The lowest BCUT2D eigenvalue weighted by Crippen LogP contribution is -2.25. The van der Waals surface area contributed by atoms with Crippen molar-refractivity contribution in [3.05, 3.63) is 11.4 Å². The van der Waals surface area contributed by atoms with E-state index in [9.17, 15) is 0 Å². The van der Waals surface area contributed by atoms with Gasteiger partial charge in [0.15, 0.2) is 0 Å². The second-order valence-corrected chi connectivity index (χ2v) is 5.90. The van der Waals surface area contributed by atoms with Crippen LogP contribution in [0.15, 0.2) is 0 Å². The minimum Gasteiger partial charge on any atom is -0.385 e. The van der Waals surface area contributed by atoms with E-state index < -0.39 is 0 Å². The van der Waals surface area contributed by atoms with Crippen LogP contribution in [0.1, 0.15) is 38.6 Å². The molecule has 2 N–H and O–H groups in total. The van der Waals surface area contributed by atoms with Gasteiger partial charge in [-0.1, -0.05) is 20.8 Å². The molecule has 0 unspecified atom stereocenters. The van der Waals surface area contributed by atoms with Gasteiger partial charge in [-0.15, -0.1) is 0 Å². The molecule has 1 rings (SSSR count). The molecule has 108 valence electrons. The summed E-state index contributed by atoms with van der Waals surface area (Å²) in [6.07, 6.45) is 0.960. The number of methoxy groups -OCH3 is 1. The van der Waals surface area contributed by atoms with Gasteiger partial charge in [0.05, 0.1) is 0 Å². The van der Waals surface area contributed by atoms with E-state index in [0.717, 1.165) is 36.8 Å². The molecule has 0 aromatic carbocycles. The van der Waals surface area contributed by atoms with Gasteiger partial charge in [-0.2, -0.15) is 0 Å². The highest BCUT2D eigenvalue weighted by Crippen LogP contribution is 2.26. The molecule has 0 aliphatic rings. The van der Waals surface area contributed by atoms with Gasteiger partial charge in [-0.05, 0) is 13.3 Å². The summed E-state index contributed by atoms with van der Waals surface area (Å²) in [7, 11) is 3.74. The summed E-state index contributed by atoms with van der Waals surface area (Å²) in [6.45, 7) is 9.86. The lowest BCUT2D eigenvalue weighted by molar-refractivity contribution is 0.196. The van der Waals surface area contributed by atoms with Crippen LogP contribution in [0, 0.1) is 6.92 Å². The molecule has 0 atom stereocenters. The molecule has 0 amide bonds. The van der Waals surface area contributed by atoms with Crippen molar-refractivity contribution in [2.24, 2.45) is 0 Å². The third-order valence-electron chi connectivity index (χ3n) is 3.03. The summed E-state index contributed by atoms with van der Waals surface area (Å²) >= 11 is 0. The van der Waals surface area contributed by atoms with Crippen LogP contribution in [0.25, 0.3) is 0 Å². The Morgan fingerprint density at radius 2 is 1.89 bits per heavy atom. The van der Waals surface area contributed by atoms with Crippen molar-refractivity contribution < 1.29 is 4.74 Å². The van der Waals surface area contributed by atoms with Crippen molar-refractivity contribution in [3.8, 4) is 0 Å². The van der Waals surface area contributed by atoms with Crippen LogP contribution in [-0.4, -0.2) is 37.3 Å². The zero-order valence-electron chi connectivity index (χ0n) is 12.9. The fraction of sp³-hybridized carbons (Fsp3) is 0.714. The maximum absolute atomic E-state index is 6.01. The predicted molar refractivity (Wildman–Crippen MR) is 79.6 cm³/mol. The molecule has 0 saturated heterocycles. The highest BCUT2D eigenvalue weighted by molar-refractivity contribution is 5.56. The molecule has 5 nitrogen and oxygen atoms in total. The van der Waals surface area contributed by atoms with Gasteiger partial charge in [0.2, 0.25) is 0 Å². The molecular formula is C14H26N4O. The molecule has 0 fully saturated rings. The van der Waals surface area contributed by atoms with Gasteiger partial charge < -0.3 is 15.4 Å². The number of hydrogen-bond donors (Lipinski definition) is 1. The van der Waals surface area contributed by atoms with E-state index in [-0.39, 0.29) is 5.41 Å². The summed E-state index contributed by atoms with van der Waals surface area (Å²) < 4.78 is 5.08. The van der Waals surface area contributed by atoms with E-state index in [0.29, 0.717) is 5.82 Å². The van der Waals surface area contributed by atoms with Crippen molar-refractivity contribution >= 4 is 11.6 Å². The molecule has 0 spiro atoms. The topological polar surface area (TPSA) is 64.3 Å². The van der Waals surface area contributed by atoms with Crippen molar-refractivity contribution in [1.29, 1.82) is 0 Å². The van der Waals surface area contributed by atoms with Crippen molar-refractivity contribution in [1.82, 2.24) is 9.97 Å². The van der Waals surface area contributed by atoms with Crippen LogP contribution < -0.4 is 10.6 Å². The first-order chi connectivity index (χ1) is 8.77. The van der Waals surface area contributed by atoms with Gasteiger partial charge in [0.1, 0.15) is 17.5 Å². The Hall–Kier alpha value is -1.36. The fourth-order valence-electron chi connectivity index (χ4n) is 1.78. The molecule has 0 aliphatic heterocycles. The largest absolute Gasteiger partial charge is 0.385 e. The normalized spacial score (nSPS) is 11.7. The average molecular weight is 266 g/mol. The molecule has 1 aromatic rings. The third kappa shape index (κ3) is 4.06. The fourth-order valence-corrected chi connectivity index (χ4v) is 1.78. The van der Waals surface area contributed by atoms with Gasteiger partial charge in [-0.3, -0.25) is 0 Å². The van der Waals surface area contributed by atoms with Crippen LogP contribution in [0.5, 0.6) is 0 Å².